The van der Waals surface area contributed by atoms with Gasteiger partial charge in [-0.05, 0) is 63.2 Å². The molecule has 0 unspecified atom stereocenters. The molecule has 10 aromatic rings. The van der Waals surface area contributed by atoms with Crippen LogP contribution in [0.3, 0.4) is 0 Å². The smallest absolute Gasteiger partial charge is 0.189 e. The first-order chi connectivity index (χ1) is 26.3. The second-order valence-electron chi connectivity index (χ2n) is 13.4. The van der Waals surface area contributed by atoms with E-state index in [-0.39, 0.29) is 0 Å². The number of aromatic nitrogens is 3. The summed E-state index contributed by atoms with van der Waals surface area (Å²) in [4.78, 5) is 9.58. The lowest BCUT2D eigenvalue weighted by Gasteiger charge is -2.35. The van der Waals surface area contributed by atoms with Gasteiger partial charge in [-0.15, -0.1) is 0 Å². The fourth-order valence-electron chi connectivity index (χ4n) is 8.52. The van der Waals surface area contributed by atoms with Crippen LogP contribution in [0.15, 0.2) is 194 Å². The van der Waals surface area contributed by atoms with E-state index in [0.29, 0.717) is 5.69 Å². The van der Waals surface area contributed by atoms with E-state index in [1.807, 2.05) is 0 Å². The predicted molar refractivity (Wildman–Crippen MR) is 223 cm³/mol. The molecule has 4 nitrogen and oxygen atoms in total. The first-order valence-corrected chi connectivity index (χ1v) is 19.8. The number of nitrogens with zero attached hydrogens (tertiary/aromatic N) is 4. The van der Waals surface area contributed by atoms with E-state index in [9.17, 15) is 0 Å². The molecule has 0 saturated heterocycles. The Bertz CT molecular complexity index is 2860. The summed E-state index contributed by atoms with van der Waals surface area (Å²) in [6, 6.07) is 66.5. The minimum atomic E-state index is -3.09. The number of fused-ring (bicyclic) bond motifs is 6. The van der Waals surface area contributed by atoms with Gasteiger partial charge < -0.3 is 4.57 Å². The van der Waals surface area contributed by atoms with Crippen LogP contribution in [0.1, 0.15) is 0 Å². The number of rotatable bonds is 6. The SMILES string of the molecule is [C-]#[N+]c1cc(-n2c3ccccc3c3ccccc32)ccc1[Si](c1ccccc1)(c1ccccc1)c1ccc(-n2c3ccccc3c3ccccc32)nc1. The molecule has 10 rings (SSSR count). The fourth-order valence-corrected chi connectivity index (χ4v) is 13.3. The molecular formula is C48H32N4Si. The Hall–Kier alpha value is -7.00. The molecule has 0 aliphatic rings. The van der Waals surface area contributed by atoms with E-state index in [0.717, 1.165) is 43.9 Å². The van der Waals surface area contributed by atoms with Crippen molar-refractivity contribution in [2.24, 2.45) is 0 Å². The molecule has 0 aliphatic heterocycles. The lowest BCUT2D eigenvalue weighted by molar-refractivity contribution is 1.08. The summed E-state index contributed by atoms with van der Waals surface area (Å²) < 4.78 is 4.55. The summed E-state index contributed by atoms with van der Waals surface area (Å²) in [5, 5.41) is 9.37. The summed E-state index contributed by atoms with van der Waals surface area (Å²) in [5.74, 6) is 0.863. The van der Waals surface area contributed by atoms with Crippen molar-refractivity contribution in [3.63, 3.8) is 0 Å². The maximum Gasteiger partial charge on any atom is 0.189 e. The van der Waals surface area contributed by atoms with Gasteiger partial charge in [0.15, 0.2) is 13.8 Å². The van der Waals surface area contributed by atoms with Crippen molar-refractivity contribution in [3.05, 3.63) is 206 Å². The van der Waals surface area contributed by atoms with Crippen LogP contribution < -0.4 is 20.7 Å². The van der Waals surface area contributed by atoms with Crippen LogP contribution in [-0.4, -0.2) is 22.2 Å². The first-order valence-electron chi connectivity index (χ1n) is 17.8. The third kappa shape index (κ3) is 4.63. The Labute approximate surface area is 308 Å². The average molecular weight is 693 g/mol. The van der Waals surface area contributed by atoms with E-state index in [4.69, 9.17) is 11.6 Å². The molecule has 5 heteroatoms. The van der Waals surface area contributed by atoms with E-state index in [1.165, 1.54) is 31.9 Å². The minimum Gasteiger partial charge on any atom is -0.311 e. The zero-order valence-corrected chi connectivity index (χ0v) is 29.8. The average Bonchev–Trinajstić information content (AvgIpc) is 3.75. The van der Waals surface area contributed by atoms with Crippen molar-refractivity contribution in [3.8, 4) is 11.5 Å². The summed E-state index contributed by atoms with van der Waals surface area (Å²) >= 11 is 0. The highest BCUT2D eigenvalue weighted by Crippen LogP contribution is 2.34. The van der Waals surface area contributed by atoms with Crippen LogP contribution in [-0.2, 0) is 0 Å². The number of hydrogen-bond donors (Lipinski definition) is 0. The van der Waals surface area contributed by atoms with Gasteiger partial charge >= 0.3 is 0 Å². The summed E-state index contributed by atoms with van der Waals surface area (Å²) in [5.41, 5.74) is 6.11. The first kappa shape index (κ1) is 30.8. The molecule has 3 heterocycles. The van der Waals surface area contributed by atoms with Crippen molar-refractivity contribution < 1.29 is 0 Å². The minimum absolute atomic E-state index is 0.648. The molecule has 248 valence electrons. The highest BCUT2D eigenvalue weighted by atomic mass is 28.3. The highest BCUT2D eigenvalue weighted by molar-refractivity contribution is 7.20. The van der Waals surface area contributed by atoms with Gasteiger partial charge in [0.1, 0.15) is 5.82 Å². The molecule has 0 bridgehead atoms. The molecular weight excluding hydrogens is 661 g/mol. The second-order valence-corrected chi connectivity index (χ2v) is 17.2. The molecule has 0 amide bonds. The lowest BCUT2D eigenvalue weighted by atomic mass is 10.2. The maximum absolute atomic E-state index is 8.70. The Morgan fingerprint density at radius 1 is 0.434 bits per heavy atom. The molecule has 53 heavy (non-hydrogen) atoms. The normalized spacial score (nSPS) is 11.8. The Morgan fingerprint density at radius 3 is 1.34 bits per heavy atom. The van der Waals surface area contributed by atoms with Crippen LogP contribution in [0.2, 0.25) is 0 Å². The standard InChI is InChI=1S/C48H32N4Si/c1-49-42-32-34(51-43-24-12-8-20-38(43)39-21-9-13-25-44(39)51)28-30-47(42)53(35-16-4-2-5-17-35,36-18-6-3-7-19-36)37-29-31-48(50-33-37)52-45-26-14-10-22-40(45)41-23-11-15-27-46(41)52/h2-33H. The van der Waals surface area contributed by atoms with E-state index in [2.05, 4.69) is 208 Å². The zero-order valence-electron chi connectivity index (χ0n) is 28.8. The molecule has 0 fully saturated rings. The summed E-state index contributed by atoms with van der Waals surface area (Å²) in [7, 11) is -3.09. The van der Waals surface area contributed by atoms with Gasteiger partial charge in [0.2, 0.25) is 0 Å². The zero-order chi connectivity index (χ0) is 35.4. The maximum atomic E-state index is 8.70. The summed E-state index contributed by atoms with van der Waals surface area (Å²) in [6.07, 6.45) is 2.07. The Kier molecular flexibility index (Phi) is 7.17. The number of pyridine rings is 1. The van der Waals surface area contributed by atoms with Crippen LogP contribution in [0, 0.1) is 6.57 Å². The molecule has 0 atom stereocenters. The topological polar surface area (TPSA) is 27.1 Å². The highest BCUT2D eigenvalue weighted by Gasteiger charge is 2.43. The van der Waals surface area contributed by atoms with Crippen molar-refractivity contribution in [2.75, 3.05) is 0 Å². The van der Waals surface area contributed by atoms with Crippen molar-refractivity contribution in [1.29, 1.82) is 0 Å². The molecule has 0 aliphatic carbocycles. The van der Waals surface area contributed by atoms with Gasteiger partial charge in [0.25, 0.3) is 0 Å². The number of hydrogen-bond acceptors (Lipinski definition) is 1. The molecule has 0 spiro atoms. The van der Waals surface area contributed by atoms with Crippen LogP contribution in [0.4, 0.5) is 5.69 Å². The van der Waals surface area contributed by atoms with Gasteiger partial charge in [-0.2, -0.15) is 0 Å². The van der Waals surface area contributed by atoms with E-state index in [1.54, 1.807) is 0 Å². The van der Waals surface area contributed by atoms with Crippen molar-refractivity contribution in [1.82, 2.24) is 14.1 Å². The van der Waals surface area contributed by atoms with Crippen molar-refractivity contribution >= 4 is 78.1 Å². The quantitative estimate of drug-likeness (QED) is 0.0970. The van der Waals surface area contributed by atoms with Crippen molar-refractivity contribution in [2.45, 2.75) is 0 Å². The predicted octanol–water partition coefficient (Wildman–Crippen LogP) is 9.20. The van der Waals surface area contributed by atoms with Gasteiger partial charge in [0.05, 0.1) is 28.6 Å². The third-order valence-corrected chi connectivity index (χ3v) is 15.5. The van der Waals surface area contributed by atoms with Crippen LogP contribution in [0.25, 0.3) is 60.0 Å². The molecule has 0 saturated carbocycles. The third-order valence-electron chi connectivity index (χ3n) is 10.7. The Balaban J connectivity index is 1.23. The molecule has 0 radical (unpaired) electrons. The Morgan fingerprint density at radius 2 is 0.887 bits per heavy atom. The number of benzene rings is 7. The van der Waals surface area contributed by atoms with Gasteiger partial charge in [-0.3, -0.25) is 4.57 Å². The largest absolute Gasteiger partial charge is 0.311 e. The van der Waals surface area contributed by atoms with Gasteiger partial charge in [-0.25, -0.2) is 9.83 Å². The van der Waals surface area contributed by atoms with E-state index >= 15 is 0 Å². The second kappa shape index (κ2) is 12.3. The fraction of sp³-hybridized carbons (Fsp3) is 0. The molecule has 3 aromatic heterocycles. The van der Waals surface area contributed by atoms with Crippen LogP contribution in [0.5, 0.6) is 0 Å². The lowest BCUT2D eigenvalue weighted by Crippen LogP contribution is -2.74. The molecule has 0 N–H and O–H groups in total. The van der Waals surface area contributed by atoms with E-state index < -0.39 is 8.07 Å². The van der Waals surface area contributed by atoms with Gasteiger partial charge in [-0.1, -0.05) is 146 Å². The molecule has 7 aromatic carbocycles. The number of para-hydroxylation sites is 4. The summed E-state index contributed by atoms with van der Waals surface area (Å²) in [6.45, 7) is 8.70. The monoisotopic (exact) mass is 692 g/mol. The van der Waals surface area contributed by atoms with Gasteiger partial charge in [0, 0.05) is 33.4 Å². The van der Waals surface area contributed by atoms with Crippen LogP contribution >= 0.6 is 0 Å².